The number of benzene rings is 3. The van der Waals surface area contributed by atoms with E-state index in [9.17, 15) is 13.4 Å². The Hall–Kier alpha value is -3.68. The molecule has 220 valence electrons. The highest BCUT2D eigenvalue weighted by Crippen LogP contribution is 2.34. The first-order valence-corrected chi connectivity index (χ1v) is 15.9. The molecular weight excluding hydrogens is 545 g/mol. The van der Waals surface area contributed by atoms with Crippen molar-refractivity contribution >= 4 is 22.6 Å². The summed E-state index contributed by atoms with van der Waals surface area (Å²) in [5.74, 6) is -0.340. The normalized spacial score (nSPS) is 15.5. The van der Waals surface area contributed by atoms with Crippen LogP contribution >= 0.6 is 0 Å². The number of aromatic nitrogens is 1. The number of hydrogen-bond donors (Lipinski definition) is 1. The van der Waals surface area contributed by atoms with Crippen molar-refractivity contribution in [3.63, 3.8) is 0 Å². The van der Waals surface area contributed by atoms with Gasteiger partial charge in [-0.05, 0) is 91.3 Å². The van der Waals surface area contributed by atoms with Crippen LogP contribution in [0.2, 0.25) is 0 Å². The number of amides is 1. The topological polar surface area (TPSA) is 62.3 Å². The Bertz CT molecular complexity index is 1510. The molecule has 0 fully saturated rings. The van der Waals surface area contributed by atoms with Gasteiger partial charge in [-0.15, -0.1) is 0 Å². The quantitative estimate of drug-likeness (QED) is 0.217. The van der Waals surface area contributed by atoms with Gasteiger partial charge in [-0.3, -0.25) is 9.78 Å². The zero-order valence-electron chi connectivity index (χ0n) is 24.8. The Morgan fingerprint density at radius 2 is 1.79 bits per heavy atom. The van der Waals surface area contributed by atoms with Gasteiger partial charge in [0.05, 0.1) is 17.1 Å². The molecule has 5 nitrogen and oxygen atoms in total. The predicted molar refractivity (Wildman–Crippen MR) is 169 cm³/mol. The summed E-state index contributed by atoms with van der Waals surface area (Å²) in [5, 5.41) is 0. The molecule has 5 rings (SSSR count). The predicted octanol–water partition coefficient (Wildman–Crippen LogP) is 7.97. The number of rotatable bonds is 9. The lowest BCUT2D eigenvalue weighted by molar-refractivity contribution is -0.119. The van der Waals surface area contributed by atoms with Gasteiger partial charge in [0.1, 0.15) is 16.8 Å². The van der Waals surface area contributed by atoms with Crippen LogP contribution in [0.4, 0.5) is 10.1 Å². The lowest BCUT2D eigenvalue weighted by Crippen LogP contribution is -2.32. The van der Waals surface area contributed by atoms with E-state index in [1.54, 1.807) is 12.1 Å². The van der Waals surface area contributed by atoms with Crippen LogP contribution in [0.3, 0.4) is 0 Å². The van der Waals surface area contributed by atoms with Crippen LogP contribution in [0, 0.1) is 12.7 Å². The van der Waals surface area contributed by atoms with Crippen LogP contribution in [0.15, 0.2) is 95.9 Å². The van der Waals surface area contributed by atoms with E-state index in [-0.39, 0.29) is 17.9 Å². The second kappa shape index (κ2) is 15.0. The van der Waals surface area contributed by atoms with Crippen molar-refractivity contribution in [2.75, 3.05) is 4.90 Å². The van der Waals surface area contributed by atoms with E-state index in [4.69, 9.17) is 0 Å². The van der Waals surface area contributed by atoms with Gasteiger partial charge in [0.25, 0.3) is 0 Å². The monoisotopic (exact) mass is 585 g/mol. The van der Waals surface area contributed by atoms with Crippen LogP contribution < -0.4 is 9.62 Å². The van der Waals surface area contributed by atoms with E-state index >= 15 is 0 Å². The second-order valence-electron chi connectivity index (χ2n) is 10.4. The number of anilines is 1. The van der Waals surface area contributed by atoms with Gasteiger partial charge in [0.2, 0.25) is 5.91 Å². The fourth-order valence-electron chi connectivity index (χ4n) is 5.30. The highest BCUT2D eigenvalue weighted by molar-refractivity contribution is 7.83. The fraction of sp³-hybridized carbons (Fsp3) is 0.314. The van der Waals surface area contributed by atoms with Crippen LogP contribution in [0.1, 0.15) is 80.1 Å². The van der Waals surface area contributed by atoms with Crippen LogP contribution in [-0.4, -0.2) is 15.1 Å². The van der Waals surface area contributed by atoms with Crippen LogP contribution in [-0.2, 0) is 28.7 Å². The average Bonchev–Trinajstić information content (AvgIpc) is 3.01. The molecule has 3 atom stereocenters. The maximum atomic E-state index is 13.9. The van der Waals surface area contributed by atoms with Crippen molar-refractivity contribution in [1.29, 1.82) is 0 Å². The summed E-state index contributed by atoms with van der Waals surface area (Å²) in [5.41, 5.74) is 5.83. The van der Waals surface area contributed by atoms with E-state index in [2.05, 4.69) is 40.9 Å². The van der Waals surface area contributed by atoms with Crippen LogP contribution in [0.5, 0.6) is 0 Å². The molecule has 1 aliphatic carbocycles. The van der Waals surface area contributed by atoms with Gasteiger partial charge >= 0.3 is 0 Å². The van der Waals surface area contributed by atoms with Gasteiger partial charge in [0, 0.05) is 23.8 Å². The highest BCUT2D eigenvalue weighted by atomic mass is 32.2. The summed E-state index contributed by atoms with van der Waals surface area (Å²) in [6.45, 7) is 8.38. The highest BCUT2D eigenvalue weighted by Gasteiger charge is 2.26. The van der Waals surface area contributed by atoms with E-state index in [1.807, 2.05) is 68.1 Å². The number of carbonyl (C=O) groups is 1. The first-order chi connectivity index (χ1) is 20.4. The Morgan fingerprint density at radius 3 is 2.52 bits per heavy atom. The number of fused-ring (bicyclic) bond motifs is 1. The first kappa shape index (κ1) is 31.3. The van der Waals surface area contributed by atoms with Gasteiger partial charge in [0.15, 0.2) is 0 Å². The number of pyridine rings is 1. The number of halogens is 1. The van der Waals surface area contributed by atoms with Gasteiger partial charge in [-0.2, -0.15) is 0 Å². The van der Waals surface area contributed by atoms with E-state index < -0.39 is 16.8 Å². The molecule has 1 N–H and O–H groups in total. The van der Waals surface area contributed by atoms with Gasteiger partial charge in [-0.1, -0.05) is 69.3 Å². The Labute approximate surface area is 251 Å². The van der Waals surface area contributed by atoms with Crippen molar-refractivity contribution in [3.8, 4) is 0 Å². The molecule has 0 saturated carbocycles. The smallest absolute Gasteiger partial charge is 0.227 e. The minimum absolute atomic E-state index is 0.0169. The molecule has 0 bridgehead atoms. The van der Waals surface area contributed by atoms with Crippen molar-refractivity contribution in [1.82, 2.24) is 9.71 Å². The molecule has 0 spiro atoms. The van der Waals surface area contributed by atoms with E-state index in [0.29, 0.717) is 17.9 Å². The SMILES string of the molecule is CC.Cc1cccc(CN(C(=O)C[C@H](C)c2ccccc2)c2ccc3c(c2)C(NS(=O)c2cccc(F)c2)CCC3)n1. The number of carbonyl (C=O) groups excluding carboxylic acids is 1. The maximum Gasteiger partial charge on any atom is 0.227 e. The molecule has 42 heavy (non-hydrogen) atoms. The molecule has 2 unspecified atom stereocenters. The number of hydrogen-bond acceptors (Lipinski definition) is 3. The molecular formula is C35H40FN3O2S. The average molecular weight is 586 g/mol. The molecule has 1 aliphatic rings. The largest absolute Gasteiger partial charge is 0.306 e. The Morgan fingerprint density at radius 1 is 1.02 bits per heavy atom. The summed E-state index contributed by atoms with van der Waals surface area (Å²) < 4.78 is 30.1. The molecule has 1 amide bonds. The van der Waals surface area contributed by atoms with Crippen molar-refractivity contribution in [3.05, 3.63) is 125 Å². The van der Waals surface area contributed by atoms with Crippen molar-refractivity contribution in [2.24, 2.45) is 0 Å². The zero-order valence-corrected chi connectivity index (χ0v) is 25.7. The summed E-state index contributed by atoms with van der Waals surface area (Å²) in [6, 6.07) is 27.8. The number of aryl methyl sites for hydroxylation is 2. The van der Waals surface area contributed by atoms with Gasteiger partial charge in [-0.25, -0.2) is 13.3 Å². The van der Waals surface area contributed by atoms with E-state index in [1.165, 1.54) is 17.7 Å². The molecule has 3 aromatic carbocycles. The van der Waals surface area contributed by atoms with E-state index in [0.717, 1.165) is 47.5 Å². The lowest BCUT2D eigenvalue weighted by Gasteiger charge is -2.30. The molecule has 1 aromatic heterocycles. The molecule has 7 heteroatoms. The molecule has 0 aliphatic heterocycles. The molecule has 0 saturated heterocycles. The van der Waals surface area contributed by atoms with Crippen LogP contribution in [0.25, 0.3) is 0 Å². The fourth-order valence-corrected chi connectivity index (χ4v) is 6.36. The van der Waals surface area contributed by atoms with Crippen molar-refractivity contribution < 1.29 is 13.4 Å². The third kappa shape index (κ3) is 7.99. The van der Waals surface area contributed by atoms with Crippen molar-refractivity contribution in [2.45, 2.75) is 76.8 Å². The molecule has 4 aromatic rings. The summed E-state index contributed by atoms with van der Waals surface area (Å²) in [6.07, 6.45) is 3.03. The lowest BCUT2D eigenvalue weighted by atomic mass is 9.87. The second-order valence-corrected chi connectivity index (χ2v) is 11.7. The standard InChI is InChI=1S/C33H34FN3O2S.C2H6/c1-23(25-10-4-3-5-11-25)19-33(38)37(22-28-14-6-9-24(2)35-28)29-18-17-26-12-7-16-32(31(26)21-29)36-40(39)30-15-8-13-27(34)20-30;1-2/h3-6,8-11,13-15,17-18,20-21,23,32,36H,7,12,16,19,22H2,1-2H3;1-2H3/t23-,32?,40?;/m0./s1. The third-order valence-electron chi connectivity index (χ3n) is 7.43. The van der Waals surface area contributed by atoms with Gasteiger partial charge < -0.3 is 4.90 Å². The molecule has 1 heterocycles. The zero-order chi connectivity index (χ0) is 30.1. The Kier molecular flexibility index (Phi) is 11.2. The minimum Gasteiger partial charge on any atom is -0.306 e. The third-order valence-corrected chi connectivity index (χ3v) is 8.61. The summed E-state index contributed by atoms with van der Waals surface area (Å²) in [7, 11) is -1.57. The first-order valence-electron chi connectivity index (χ1n) is 14.7. The number of nitrogens with one attached hydrogen (secondary N) is 1. The summed E-state index contributed by atoms with van der Waals surface area (Å²) >= 11 is 0. The summed E-state index contributed by atoms with van der Waals surface area (Å²) in [4.78, 5) is 20.7. The number of nitrogens with zero attached hydrogens (tertiary/aromatic N) is 2. The molecule has 0 radical (unpaired) electrons. The maximum absolute atomic E-state index is 13.9. The minimum atomic E-state index is -1.57. The Balaban J connectivity index is 0.00000198.